The van der Waals surface area contributed by atoms with Gasteiger partial charge in [0.05, 0.1) is 41.0 Å². The second-order valence-corrected chi connectivity index (χ2v) is 14.0. The number of alkyl halides is 2. The zero-order valence-corrected chi connectivity index (χ0v) is 31.3. The lowest BCUT2D eigenvalue weighted by molar-refractivity contribution is -0.124. The summed E-state index contributed by atoms with van der Waals surface area (Å²) in [5.74, 6) is 0.574. The van der Waals surface area contributed by atoms with E-state index in [0.29, 0.717) is 52.3 Å². The highest BCUT2D eigenvalue weighted by Crippen LogP contribution is 2.40. The number of carbonyl (C=O) groups is 1. The average Bonchev–Trinajstić information content (AvgIpc) is 3.59. The molecule has 10 nitrogen and oxygen atoms in total. The number of nitrogens with zero attached hydrogens (tertiary/aromatic N) is 3. The van der Waals surface area contributed by atoms with Crippen molar-refractivity contribution in [3.63, 3.8) is 0 Å². The third kappa shape index (κ3) is 10.1. The number of hydrogen-bond acceptors (Lipinski definition) is 10. The highest BCUT2D eigenvalue weighted by molar-refractivity contribution is 6.32. The molecule has 0 saturated carbocycles. The van der Waals surface area contributed by atoms with Gasteiger partial charge in [-0.2, -0.15) is 5.26 Å². The van der Waals surface area contributed by atoms with Gasteiger partial charge in [0.1, 0.15) is 36.5 Å². The number of pyridine rings is 1. The Morgan fingerprint density at radius 3 is 2.54 bits per heavy atom. The Morgan fingerprint density at radius 1 is 1.07 bits per heavy atom. The third-order valence-electron chi connectivity index (χ3n) is 9.72. The van der Waals surface area contributed by atoms with Crippen LogP contribution in [0.2, 0.25) is 5.02 Å². The maximum Gasteiger partial charge on any atom is 0.268 e. The highest BCUT2D eigenvalue weighted by atomic mass is 35.5. The van der Waals surface area contributed by atoms with Crippen molar-refractivity contribution in [2.24, 2.45) is 0 Å². The van der Waals surface area contributed by atoms with Gasteiger partial charge in [-0.3, -0.25) is 15.1 Å². The number of aliphatic hydroxyl groups excluding tert-OH is 2. The molecule has 3 aromatic carbocycles. The number of β-amino-alcohol motifs (C(OH)–C–C–N with tert-alkyl or cyclic N) is 1. The van der Waals surface area contributed by atoms with Gasteiger partial charge in [-0.05, 0) is 74.1 Å². The molecule has 1 aliphatic heterocycles. The molecule has 1 fully saturated rings. The normalized spacial score (nSPS) is 15.5. The van der Waals surface area contributed by atoms with Crippen molar-refractivity contribution < 1.29 is 38.0 Å². The Labute approximate surface area is 319 Å². The number of ketones is 1. The van der Waals surface area contributed by atoms with E-state index in [1.54, 1.807) is 61.7 Å². The summed E-state index contributed by atoms with van der Waals surface area (Å²) in [7, 11) is 0. The minimum atomic E-state index is -2.78. The van der Waals surface area contributed by atoms with Gasteiger partial charge in [-0.1, -0.05) is 41.9 Å². The van der Waals surface area contributed by atoms with Gasteiger partial charge >= 0.3 is 0 Å². The van der Waals surface area contributed by atoms with E-state index >= 15 is 0 Å². The largest absolute Gasteiger partial charge is 0.493 e. The molecule has 54 heavy (non-hydrogen) atoms. The maximum absolute atomic E-state index is 14.7. The molecule has 0 aliphatic carbocycles. The van der Waals surface area contributed by atoms with Crippen molar-refractivity contribution in [2.75, 3.05) is 32.8 Å². The fourth-order valence-electron chi connectivity index (χ4n) is 6.23. The van der Waals surface area contributed by atoms with E-state index in [1.807, 2.05) is 13.0 Å². The molecule has 2 heterocycles. The van der Waals surface area contributed by atoms with Crippen molar-refractivity contribution in [3.05, 3.63) is 105 Å². The first-order valence-electron chi connectivity index (χ1n) is 17.7. The molecule has 3 N–H and O–H groups in total. The lowest BCUT2D eigenvalue weighted by Crippen LogP contribution is -2.51. The number of aromatic nitrogens is 1. The van der Waals surface area contributed by atoms with Crippen LogP contribution >= 0.6 is 11.6 Å². The molecular weight excluding hydrogens is 718 g/mol. The van der Waals surface area contributed by atoms with Gasteiger partial charge in [0.15, 0.2) is 5.78 Å². The standard InChI is InChI=1S/C41H45ClF2N4O6/c1-26-30(7-4-8-33(26)34-9-5-10-36(39(34)40(43)44)52-14-6-12-48-13-11-32(51)22-48)24-54-38-17-37(53-23-29-15-28(18-45)19-46-20-29)31(16-35(38)42)21-47-41(3,25-49)27(2)50/h4-5,7-10,15-17,19-20,32,40,47,49,51H,6,11-14,21-25H2,1-3H3/t32-,41+/m1/s1. The van der Waals surface area contributed by atoms with Gasteiger partial charge in [0, 0.05) is 55.8 Å². The number of likely N-dealkylation sites (tertiary alicyclic amines) is 1. The second-order valence-electron chi connectivity index (χ2n) is 13.6. The number of halogens is 3. The van der Waals surface area contributed by atoms with Crippen molar-refractivity contribution >= 4 is 17.4 Å². The third-order valence-corrected chi connectivity index (χ3v) is 10.0. The highest BCUT2D eigenvalue weighted by Gasteiger charge is 2.29. The molecule has 0 unspecified atom stereocenters. The molecule has 286 valence electrons. The number of ether oxygens (including phenoxy) is 3. The van der Waals surface area contributed by atoms with Crippen LogP contribution in [-0.4, -0.2) is 70.4 Å². The van der Waals surface area contributed by atoms with Crippen LogP contribution < -0.4 is 19.5 Å². The van der Waals surface area contributed by atoms with Crippen molar-refractivity contribution in [3.8, 4) is 34.4 Å². The molecule has 0 bridgehead atoms. The SMILES string of the molecule is CC(=O)[C@](C)(CO)NCc1cc(Cl)c(OCc2cccc(-c3cccc(OCCCN4CC[C@@H](O)C4)c3C(F)F)c2C)cc1OCc1cncc(C#N)c1. The molecule has 0 spiro atoms. The van der Waals surface area contributed by atoms with Crippen LogP contribution in [0.25, 0.3) is 11.1 Å². The van der Waals surface area contributed by atoms with Crippen LogP contribution in [0.15, 0.2) is 67.0 Å². The Kier molecular flexibility index (Phi) is 14.0. The summed E-state index contributed by atoms with van der Waals surface area (Å²) in [5, 5.41) is 32.3. The summed E-state index contributed by atoms with van der Waals surface area (Å²) in [6.07, 6.45) is 1.32. The Bertz CT molecular complexity index is 1970. The molecule has 2 atom stereocenters. The molecule has 13 heteroatoms. The summed E-state index contributed by atoms with van der Waals surface area (Å²) in [6.45, 7) is 7.09. The number of nitriles is 1. The number of nitrogens with one attached hydrogen (secondary N) is 1. The maximum atomic E-state index is 14.7. The lowest BCUT2D eigenvalue weighted by Gasteiger charge is -2.26. The van der Waals surface area contributed by atoms with E-state index in [4.69, 9.17) is 25.8 Å². The molecule has 1 aliphatic rings. The Hall–Kier alpha value is -4.64. The van der Waals surface area contributed by atoms with E-state index in [2.05, 4.69) is 21.3 Å². The quantitative estimate of drug-likeness (QED) is 0.0915. The number of rotatable bonds is 18. The van der Waals surface area contributed by atoms with Gasteiger partial charge in [-0.15, -0.1) is 0 Å². The molecule has 4 aromatic rings. The first-order chi connectivity index (χ1) is 25.9. The Balaban J connectivity index is 1.36. The molecule has 1 aromatic heterocycles. The van der Waals surface area contributed by atoms with Crippen LogP contribution in [0, 0.1) is 18.3 Å². The fourth-order valence-corrected chi connectivity index (χ4v) is 6.47. The van der Waals surface area contributed by atoms with Crippen molar-refractivity contribution in [2.45, 2.75) is 71.4 Å². The van der Waals surface area contributed by atoms with E-state index in [0.717, 1.165) is 30.6 Å². The predicted molar refractivity (Wildman–Crippen MR) is 201 cm³/mol. The minimum Gasteiger partial charge on any atom is -0.493 e. The first-order valence-corrected chi connectivity index (χ1v) is 18.1. The van der Waals surface area contributed by atoms with Crippen LogP contribution in [-0.2, 0) is 24.6 Å². The van der Waals surface area contributed by atoms with Crippen LogP contribution in [0.1, 0.15) is 66.5 Å². The van der Waals surface area contributed by atoms with Crippen LogP contribution in [0.3, 0.4) is 0 Å². The van der Waals surface area contributed by atoms with E-state index in [-0.39, 0.29) is 54.6 Å². The number of hydrogen-bond donors (Lipinski definition) is 3. The molecular formula is C41H45ClF2N4O6. The van der Waals surface area contributed by atoms with Crippen molar-refractivity contribution in [1.29, 1.82) is 5.26 Å². The summed E-state index contributed by atoms with van der Waals surface area (Å²) in [6, 6.07) is 17.4. The number of Topliss-reactive ketones (excluding diaryl/α,β-unsaturated/α-hetero) is 1. The van der Waals surface area contributed by atoms with Crippen LogP contribution in [0.4, 0.5) is 8.78 Å². The predicted octanol–water partition coefficient (Wildman–Crippen LogP) is 6.94. The van der Waals surface area contributed by atoms with Crippen molar-refractivity contribution in [1.82, 2.24) is 15.2 Å². The van der Waals surface area contributed by atoms with Crippen LogP contribution in [0.5, 0.6) is 17.2 Å². The molecule has 5 rings (SSSR count). The van der Waals surface area contributed by atoms with Gasteiger partial charge in [0.2, 0.25) is 0 Å². The smallest absolute Gasteiger partial charge is 0.268 e. The summed E-state index contributed by atoms with van der Waals surface area (Å²) in [5.41, 5.74) is 2.73. The monoisotopic (exact) mass is 762 g/mol. The topological polar surface area (TPSA) is 137 Å². The lowest BCUT2D eigenvalue weighted by atomic mass is 9.93. The summed E-state index contributed by atoms with van der Waals surface area (Å²) in [4.78, 5) is 18.5. The zero-order chi connectivity index (χ0) is 38.8. The van der Waals surface area contributed by atoms with E-state index in [1.165, 1.54) is 13.1 Å². The molecule has 0 amide bonds. The first kappa shape index (κ1) is 40.5. The van der Waals surface area contributed by atoms with Gasteiger partial charge < -0.3 is 29.3 Å². The fraction of sp³-hybridized carbons (Fsp3) is 0.390. The second kappa shape index (κ2) is 18.6. The molecule has 1 saturated heterocycles. The molecule has 0 radical (unpaired) electrons. The van der Waals surface area contributed by atoms with E-state index < -0.39 is 18.6 Å². The minimum absolute atomic E-state index is 0.0584. The summed E-state index contributed by atoms with van der Waals surface area (Å²) < 4.78 is 47.6. The summed E-state index contributed by atoms with van der Waals surface area (Å²) >= 11 is 6.72. The zero-order valence-electron chi connectivity index (χ0n) is 30.6. The number of carbonyl (C=O) groups excluding carboxylic acids is 1. The van der Waals surface area contributed by atoms with Gasteiger partial charge in [0.25, 0.3) is 6.43 Å². The average molecular weight is 763 g/mol. The number of benzene rings is 3. The number of aliphatic hydroxyl groups is 2. The van der Waals surface area contributed by atoms with Gasteiger partial charge in [-0.25, -0.2) is 8.78 Å². The van der Waals surface area contributed by atoms with E-state index in [9.17, 15) is 29.1 Å². The Morgan fingerprint density at radius 2 is 1.83 bits per heavy atom.